The molecule has 86 valence electrons. The largest absolute Gasteiger partial charge is 0.399 e. The van der Waals surface area contributed by atoms with Gasteiger partial charge in [0.2, 0.25) is 5.91 Å². The second kappa shape index (κ2) is 5.35. The summed E-state index contributed by atoms with van der Waals surface area (Å²) in [7, 11) is 0. The lowest BCUT2D eigenvalue weighted by molar-refractivity contribution is -0.118. The average molecular weight is 218 g/mol. The van der Waals surface area contributed by atoms with Crippen LogP contribution in [0.1, 0.15) is 23.6 Å². The van der Waals surface area contributed by atoms with Gasteiger partial charge in [0.15, 0.2) is 0 Å². The Kier molecular flexibility index (Phi) is 4.11. The van der Waals surface area contributed by atoms with E-state index < -0.39 is 0 Å². The predicted octanol–water partition coefficient (Wildman–Crippen LogP) is 2.03. The molecule has 0 aromatic heterocycles. The van der Waals surface area contributed by atoms with E-state index in [1.165, 1.54) is 6.92 Å². The Morgan fingerprint density at radius 1 is 1.38 bits per heavy atom. The van der Waals surface area contributed by atoms with Crippen molar-refractivity contribution >= 4 is 17.7 Å². The van der Waals surface area contributed by atoms with Crippen molar-refractivity contribution in [2.45, 2.75) is 20.8 Å². The number of aryl methyl sites for hydroxylation is 2. The fourth-order valence-electron chi connectivity index (χ4n) is 1.43. The number of hydrogen-bond donors (Lipinski definition) is 2. The molecule has 0 saturated heterocycles. The number of carbonyl (C=O) groups excluding carboxylic acids is 1. The minimum Gasteiger partial charge on any atom is -0.399 e. The van der Waals surface area contributed by atoms with Crippen LogP contribution in [0.4, 0.5) is 5.69 Å². The number of nitrogen functional groups attached to an aromatic ring is 1. The summed E-state index contributed by atoms with van der Waals surface area (Å²) in [5, 5.41) is 2.71. The SMILES string of the molecule is CC(=O)NCC=Cc1cc(C)c(N)cc1C. The van der Waals surface area contributed by atoms with E-state index in [0.717, 1.165) is 22.4 Å². The number of carbonyl (C=O) groups is 1. The van der Waals surface area contributed by atoms with E-state index in [9.17, 15) is 4.79 Å². The molecule has 3 nitrogen and oxygen atoms in total. The van der Waals surface area contributed by atoms with Crippen LogP contribution >= 0.6 is 0 Å². The normalized spacial score (nSPS) is 10.7. The van der Waals surface area contributed by atoms with E-state index in [2.05, 4.69) is 11.4 Å². The standard InChI is InChI=1S/C13H18N2O/c1-9-8-13(14)10(2)7-12(9)5-4-6-15-11(3)16/h4-5,7-8H,6,14H2,1-3H3,(H,15,16). The van der Waals surface area contributed by atoms with Crippen LogP contribution in [-0.4, -0.2) is 12.5 Å². The summed E-state index contributed by atoms with van der Waals surface area (Å²) in [6, 6.07) is 4.02. The molecule has 0 fully saturated rings. The zero-order valence-corrected chi connectivity index (χ0v) is 10.0. The molecule has 0 saturated carbocycles. The Balaban J connectivity index is 2.73. The molecule has 3 heteroatoms. The van der Waals surface area contributed by atoms with Gasteiger partial charge in [-0.05, 0) is 42.7 Å². The van der Waals surface area contributed by atoms with Gasteiger partial charge in [0.25, 0.3) is 0 Å². The van der Waals surface area contributed by atoms with Gasteiger partial charge >= 0.3 is 0 Å². The quantitative estimate of drug-likeness (QED) is 0.763. The molecule has 16 heavy (non-hydrogen) atoms. The van der Waals surface area contributed by atoms with Crippen LogP contribution in [0.2, 0.25) is 0 Å². The third-order valence-electron chi connectivity index (χ3n) is 2.42. The third kappa shape index (κ3) is 3.42. The minimum absolute atomic E-state index is 0.0186. The second-order valence-corrected chi connectivity index (χ2v) is 3.90. The Bertz CT molecular complexity index is 422. The van der Waals surface area contributed by atoms with Crippen molar-refractivity contribution in [3.8, 4) is 0 Å². The summed E-state index contributed by atoms with van der Waals surface area (Å²) < 4.78 is 0. The van der Waals surface area contributed by atoms with Crippen molar-refractivity contribution in [3.63, 3.8) is 0 Å². The van der Waals surface area contributed by atoms with E-state index in [0.29, 0.717) is 6.54 Å². The first kappa shape index (κ1) is 12.3. The molecule has 1 aromatic rings. The fraction of sp³-hybridized carbons (Fsp3) is 0.308. The van der Waals surface area contributed by atoms with Crippen molar-refractivity contribution in [1.82, 2.24) is 5.32 Å². The van der Waals surface area contributed by atoms with Crippen LogP contribution in [0.3, 0.4) is 0 Å². The van der Waals surface area contributed by atoms with Gasteiger partial charge in [-0.25, -0.2) is 0 Å². The zero-order chi connectivity index (χ0) is 12.1. The molecule has 0 radical (unpaired) electrons. The minimum atomic E-state index is -0.0186. The molecule has 1 aromatic carbocycles. The molecule has 1 amide bonds. The molecule has 1 rings (SSSR count). The number of benzene rings is 1. The van der Waals surface area contributed by atoms with Crippen molar-refractivity contribution in [3.05, 3.63) is 34.9 Å². The van der Waals surface area contributed by atoms with Crippen molar-refractivity contribution in [2.24, 2.45) is 0 Å². The third-order valence-corrected chi connectivity index (χ3v) is 2.42. The van der Waals surface area contributed by atoms with E-state index >= 15 is 0 Å². The molecule has 0 aliphatic carbocycles. The van der Waals surface area contributed by atoms with Gasteiger partial charge in [-0.3, -0.25) is 4.79 Å². The van der Waals surface area contributed by atoms with Gasteiger partial charge in [0.05, 0.1) is 0 Å². The van der Waals surface area contributed by atoms with Crippen LogP contribution in [0.15, 0.2) is 18.2 Å². The summed E-state index contributed by atoms with van der Waals surface area (Å²) >= 11 is 0. The molecule has 0 aliphatic rings. The van der Waals surface area contributed by atoms with Crippen molar-refractivity contribution in [1.29, 1.82) is 0 Å². The van der Waals surface area contributed by atoms with Crippen LogP contribution in [0, 0.1) is 13.8 Å². The number of hydrogen-bond acceptors (Lipinski definition) is 2. The second-order valence-electron chi connectivity index (χ2n) is 3.90. The van der Waals surface area contributed by atoms with Crippen LogP contribution in [0.5, 0.6) is 0 Å². The molecule has 0 atom stereocenters. The lowest BCUT2D eigenvalue weighted by Gasteiger charge is -2.05. The maximum atomic E-state index is 10.7. The molecular weight excluding hydrogens is 200 g/mol. The summed E-state index contributed by atoms with van der Waals surface area (Å²) in [5.41, 5.74) is 9.97. The van der Waals surface area contributed by atoms with Crippen molar-refractivity contribution in [2.75, 3.05) is 12.3 Å². The highest BCUT2D eigenvalue weighted by Gasteiger charge is 1.98. The van der Waals surface area contributed by atoms with Crippen LogP contribution < -0.4 is 11.1 Å². The Morgan fingerprint density at radius 3 is 2.69 bits per heavy atom. The lowest BCUT2D eigenvalue weighted by atomic mass is 10.0. The average Bonchev–Trinajstić information content (AvgIpc) is 2.19. The number of anilines is 1. The van der Waals surface area contributed by atoms with E-state index in [1.807, 2.05) is 32.1 Å². The van der Waals surface area contributed by atoms with E-state index in [-0.39, 0.29) is 5.91 Å². The maximum absolute atomic E-state index is 10.7. The molecule has 0 unspecified atom stereocenters. The highest BCUT2D eigenvalue weighted by Crippen LogP contribution is 2.18. The molecule has 0 bridgehead atoms. The Morgan fingerprint density at radius 2 is 2.06 bits per heavy atom. The summed E-state index contributed by atoms with van der Waals surface area (Å²) in [6.07, 6.45) is 3.93. The fourth-order valence-corrected chi connectivity index (χ4v) is 1.43. The summed E-state index contributed by atoms with van der Waals surface area (Å²) in [4.78, 5) is 10.7. The maximum Gasteiger partial charge on any atom is 0.217 e. The molecule has 0 aliphatic heterocycles. The van der Waals surface area contributed by atoms with Crippen LogP contribution in [-0.2, 0) is 4.79 Å². The van der Waals surface area contributed by atoms with Gasteiger partial charge in [-0.2, -0.15) is 0 Å². The lowest BCUT2D eigenvalue weighted by Crippen LogP contribution is -2.19. The highest BCUT2D eigenvalue weighted by molar-refractivity contribution is 5.73. The number of rotatable bonds is 3. The van der Waals surface area contributed by atoms with Crippen LogP contribution in [0.25, 0.3) is 6.08 Å². The first-order chi connectivity index (χ1) is 7.50. The number of amides is 1. The number of nitrogens with two attached hydrogens (primary N) is 1. The first-order valence-electron chi connectivity index (χ1n) is 5.28. The highest BCUT2D eigenvalue weighted by atomic mass is 16.1. The number of nitrogens with one attached hydrogen (secondary N) is 1. The molecule has 3 N–H and O–H groups in total. The van der Waals surface area contributed by atoms with Gasteiger partial charge < -0.3 is 11.1 Å². The summed E-state index contributed by atoms with van der Waals surface area (Å²) in [5.74, 6) is -0.0186. The molecule has 0 heterocycles. The zero-order valence-electron chi connectivity index (χ0n) is 10.0. The van der Waals surface area contributed by atoms with Gasteiger partial charge in [-0.15, -0.1) is 0 Å². The smallest absolute Gasteiger partial charge is 0.217 e. The Labute approximate surface area is 96.3 Å². The Hall–Kier alpha value is -1.77. The monoisotopic (exact) mass is 218 g/mol. The predicted molar refractivity (Wildman–Crippen MR) is 68.0 cm³/mol. The van der Waals surface area contributed by atoms with Gasteiger partial charge in [-0.1, -0.05) is 12.2 Å². The first-order valence-corrected chi connectivity index (χ1v) is 5.28. The van der Waals surface area contributed by atoms with Gasteiger partial charge in [0, 0.05) is 19.2 Å². The topological polar surface area (TPSA) is 55.1 Å². The van der Waals surface area contributed by atoms with E-state index in [1.54, 1.807) is 0 Å². The molecule has 0 spiro atoms. The van der Waals surface area contributed by atoms with E-state index in [4.69, 9.17) is 5.73 Å². The molecular formula is C13H18N2O. The summed E-state index contributed by atoms with van der Waals surface area (Å²) in [6.45, 7) is 6.07. The van der Waals surface area contributed by atoms with Gasteiger partial charge in [0.1, 0.15) is 0 Å². The van der Waals surface area contributed by atoms with Crippen molar-refractivity contribution < 1.29 is 4.79 Å².